The van der Waals surface area contributed by atoms with Crippen molar-refractivity contribution >= 4 is 54.5 Å². The van der Waals surface area contributed by atoms with Gasteiger partial charge in [-0.05, 0) is 71.8 Å². The number of thiazole rings is 1. The van der Waals surface area contributed by atoms with Crippen LogP contribution in [0.4, 0.5) is 0 Å². The molecular weight excluding hydrogens is 563 g/mol. The number of hydrogen-bond acceptors (Lipinski definition) is 7. The number of imidazole rings is 1. The average molecular weight is 584 g/mol. The SMILES string of the molecule is c1ccc(-n2c(-c3cc(-c4nc5ccccc5s4)cc(-c4cc5cccnc5c5ncccc45)c3)nc3cncnc32)cc1. The van der Waals surface area contributed by atoms with Crippen LogP contribution in [0, 0.1) is 0 Å². The molecule has 5 heterocycles. The smallest absolute Gasteiger partial charge is 0.168 e. The summed E-state index contributed by atoms with van der Waals surface area (Å²) in [5.41, 5.74) is 9.27. The molecule has 7 nitrogen and oxygen atoms in total. The monoisotopic (exact) mass is 583 g/mol. The lowest BCUT2D eigenvalue weighted by Gasteiger charge is -2.14. The Hall–Kier alpha value is -5.86. The first-order chi connectivity index (χ1) is 21.8. The van der Waals surface area contributed by atoms with Crippen LogP contribution in [0.1, 0.15) is 0 Å². The van der Waals surface area contributed by atoms with Crippen LogP contribution in [0.15, 0.2) is 128 Å². The Kier molecular flexibility index (Phi) is 5.54. The molecule has 0 bridgehead atoms. The molecule has 8 heteroatoms. The van der Waals surface area contributed by atoms with Crippen molar-refractivity contribution in [3.63, 3.8) is 0 Å². The molecule has 0 atom stereocenters. The maximum Gasteiger partial charge on any atom is 0.168 e. The number of para-hydroxylation sites is 2. The Morgan fingerprint density at radius 2 is 1.41 bits per heavy atom. The van der Waals surface area contributed by atoms with Crippen molar-refractivity contribution in [3.05, 3.63) is 128 Å². The van der Waals surface area contributed by atoms with E-state index in [4.69, 9.17) is 15.0 Å². The van der Waals surface area contributed by atoms with Crippen LogP contribution < -0.4 is 0 Å². The second-order valence-corrected chi connectivity index (χ2v) is 11.6. The summed E-state index contributed by atoms with van der Waals surface area (Å²) in [6.07, 6.45) is 6.98. The van der Waals surface area contributed by atoms with Crippen molar-refractivity contribution in [2.45, 2.75) is 0 Å². The first kappa shape index (κ1) is 24.7. The lowest BCUT2D eigenvalue weighted by atomic mass is 9.94. The Labute approximate surface area is 255 Å². The van der Waals surface area contributed by atoms with Crippen molar-refractivity contribution in [2.24, 2.45) is 0 Å². The number of pyridine rings is 2. The van der Waals surface area contributed by atoms with Crippen molar-refractivity contribution in [3.8, 4) is 38.8 Å². The summed E-state index contributed by atoms with van der Waals surface area (Å²) < 4.78 is 3.25. The fourth-order valence-corrected chi connectivity index (χ4v) is 6.85. The number of benzene rings is 4. The van der Waals surface area contributed by atoms with E-state index in [0.29, 0.717) is 0 Å². The molecule has 0 radical (unpaired) electrons. The summed E-state index contributed by atoms with van der Waals surface area (Å²) in [4.78, 5) is 28.4. The molecule has 0 aliphatic carbocycles. The number of aromatic nitrogens is 7. The zero-order chi connectivity index (χ0) is 29.0. The van der Waals surface area contributed by atoms with Crippen LogP contribution in [0.2, 0.25) is 0 Å². The summed E-state index contributed by atoms with van der Waals surface area (Å²) in [6, 6.07) is 35.4. The molecule has 0 amide bonds. The van der Waals surface area contributed by atoms with Crippen LogP contribution in [0.25, 0.3) is 82.0 Å². The van der Waals surface area contributed by atoms with Crippen molar-refractivity contribution < 1.29 is 0 Å². The summed E-state index contributed by atoms with van der Waals surface area (Å²) in [5.74, 6) is 0.779. The van der Waals surface area contributed by atoms with Crippen molar-refractivity contribution in [2.75, 3.05) is 0 Å². The normalized spacial score (nSPS) is 11.6. The standard InChI is InChI=1S/C36H21N7S/c1-2-9-26(10-3-1)43-34(41-30-20-37-21-40-35(30)43)24-16-23(17-25(18-24)36-42-29-12-4-5-13-31(29)44-36)28-19-22-8-6-14-38-32(22)33-27(28)11-7-15-39-33/h1-21H. The van der Waals surface area contributed by atoms with Gasteiger partial charge in [0.1, 0.15) is 22.7 Å². The minimum absolute atomic E-state index is 0.727. The van der Waals surface area contributed by atoms with Gasteiger partial charge in [0.25, 0.3) is 0 Å². The minimum atomic E-state index is 0.727. The molecule has 0 fully saturated rings. The highest BCUT2D eigenvalue weighted by Gasteiger charge is 2.20. The van der Waals surface area contributed by atoms with E-state index in [1.165, 1.54) is 0 Å². The van der Waals surface area contributed by atoms with Crippen LogP contribution in [0.5, 0.6) is 0 Å². The number of hydrogen-bond donors (Lipinski definition) is 0. The van der Waals surface area contributed by atoms with E-state index in [1.807, 2.05) is 48.8 Å². The molecule has 9 aromatic rings. The van der Waals surface area contributed by atoms with Gasteiger partial charge in [0, 0.05) is 40.0 Å². The Balaban J connectivity index is 1.37. The predicted octanol–water partition coefficient (Wildman–Crippen LogP) is 8.52. The van der Waals surface area contributed by atoms with E-state index in [-0.39, 0.29) is 0 Å². The molecule has 0 saturated heterocycles. The van der Waals surface area contributed by atoms with Crippen LogP contribution in [-0.2, 0) is 0 Å². The van der Waals surface area contributed by atoms with Gasteiger partial charge in [-0.1, -0.05) is 42.5 Å². The summed E-state index contributed by atoms with van der Waals surface area (Å²) in [6.45, 7) is 0. The van der Waals surface area contributed by atoms with Gasteiger partial charge < -0.3 is 0 Å². The second-order valence-electron chi connectivity index (χ2n) is 10.5. The molecule has 0 aliphatic rings. The van der Waals surface area contributed by atoms with Crippen molar-refractivity contribution in [1.29, 1.82) is 0 Å². The summed E-state index contributed by atoms with van der Waals surface area (Å²) in [7, 11) is 0. The number of nitrogens with zero attached hydrogens (tertiary/aromatic N) is 7. The summed E-state index contributed by atoms with van der Waals surface area (Å²) >= 11 is 1.69. The molecule has 0 spiro atoms. The highest BCUT2D eigenvalue weighted by Crippen LogP contribution is 2.40. The maximum absolute atomic E-state index is 5.08. The molecule has 44 heavy (non-hydrogen) atoms. The zero-order valence-corrected chi connectivity index (χ0v) is 24.0. The van der Waals surface area contributed by atoms with Gasteiger partial charge in [0.05, 0.1) is 27.4 Å². The first-order valence-corrected chi connectivity index (χ1v) is 15.0. The molecule has 206 valence electrons. The third kappa shape index (κ3) is 3.96. The summed E-state index contributed by atoms with van der Waals surface area (Å²) in [5, 5.41) is 3.02. The van der Waals surface area contributed by atoms with Crippen molar-refractivity contribution in [1.82, 2.24) is 34.5 Å². The van der Waals surface area contributed by atoms with Crippen LogP contribution in [-0.4, -0.2) is 34.5 Å². The van der Waals surface area contributed by atoms with Crippen LogP contribution in [0.3, 0.4) is 0 Å². The average Bonchev–Trinajstić information content (AvgIpc) is 3.71. The lowest BCUT2D eigenvalue weighted by Crippen LogP contribution is -1.99. The van der Waals surface area contributed by atoms with Gasteiger partial charge >= 0.3 is 0 Å². The topological polar surface area (TPSA) is 82.3 Å². The van der Waals surface area contributed by atoms with Gasteiger partial charge in [-0.2, -0.15) is 0 Å². The predicted molar refractivity (Wildman–Crippen MR) is 177 cm³/mol. The molecule has 0 unspecified atom stereocenters. The fraction of sp³-hybridized carbons (Fsp3) is 0. The molecular formula is C36H21N7S. The van der Waals surface area contributed by atoms with Gasteiger partial charge in [0.2, 0.25) is 0 Å². The van der Waals surface area contributed by atoms with E-state index < -0.39 is 0 Å². The van der Waals surface area contributed by atoms with E-state index in [2.05, 4.69) is 86.2 Å². The Bertz CT molecular complexity index is 2480. The second kappa shape index (κ2) is 9.86. The highest BCUT2D eigenvalue weighted by molar-refractivity contribution is 7.21. The largest absolute Gasteiger partial charge is 0.277 e. The highest BCUT2D eigenvalue weighted by atomic mass is 32.1. The van der Waals surface area contributed by atoms with E-state index in [9.17, 15) is 0 Å². The van der Waals surface area contributed by atoms with E-state index in [1.54, 1.807) is 23.9 Å². The maximum atomic E-state index is 5.08. The Morgan fingerprint density at radius 1 is 0.614 bits per heavy atom. The van der Waals surface area contributed by atoms with E-state index in [0.717, 1.165) is 82.0 Å². The van der Waals surface area contributed by atoms with Gasteiger partial charge in [-0.15, -0.1) is 11.3 Å². The van der Waals surface area contributed by atoms with Gasteiger partial charge in [0.15, 0.2) is 5.65 Å². The van der Waals surface area contributed by atoms with Gasteiger partial charge in [-0.25, -0.2) is 19.9 Å². The molecule has 5 aromatic heterocycles. The van der Waals surface area contributed by atoms with Crippen LogP contribution >= 0.6 is 11.3 Å². The fourth-order valence-electron chi connectivity index (χ4n) is 5.89. The third-order valence-electron chi connectivity index (χ3n) is 7.84. The third-order valence-corrected chi connectivity index (χ3v) is 8.93. The van der Waals surface area contributed by atoms with E-state index >= 15 is 0 Å². The lowest BCUT2D eigenvalue weighted by molar-refractivity contribution is 1.07. The number of fused-ring (bicyclic) bond motifs is 5. The molecule has 4 aromatic carbocycles. The minimum Gasteiger partial charge on any atom is -0.277 e. The van der Waals surface area contributed by atoms with Gasteiger partial charge in [-0.3, -0.25) is 14.5 Å². The number of rotatable bonds is 4. The molecule has 0 aliphatic heterocycles. The molecule has 9 rings (SSSR count). The Morgan fingerprint density at radius 3 is 2.32 bits per heavy atom. The first-order valence-electron chi connectivity index (χ1n) is 14.2. The molecule has 0 saturated carbocycles. The quantitative estimate of drug-likeness (QED) is 0.193. The molecule has 0 N–H and O–H groups in total. The zero-order valence-electron chi connectivity index (χ0n) is 23.2.